The van der Waals surface area contributed by atoms with Gasteiger partial charge in [0.2, 0.25) is 5.91 Å². The summed E-state index contributed by atoms with van der Waals surface area (Å²) in [7, 11) is -3.21. The molecule has 0 radical (unpaired) electrons. The summed E-state index contributed by atoms with van der Waals surface area (Å²) in [6, 6.07) is 0.0911. The van der Waals surface area contributed by atoms with E-state index in [1.54, 1.807) is 4.90 Å². The average Bonchev–Trinajstić information content (AvgIpc) is 2.28. The third kappa shape index (κ3) is 2.63. The SMILES string of the molecule is C[C@@H]1CNCCN1C(=O)C1CCCCS1(=O)=O. The molecule has 2 rings (SSSR count). The van der Waals surface area contributed by atoms with Crippen LogP contribution < -0.4 is 5.32 Å². The molecule has 0 aromatic heterocycles. The molecule has 2 fully saturated rings. The molecule has 2 saturated heterocycles. The van der Waals surface area contributed by atoms with E-state index in [9.17, 15) is 13.2 Å². The van der Waals surface area contributed by atoms with Crippen LogP contribution in [0.15, 0.2) is 0 Å². The summed E-state index contributed by atoms with van der Waals surface area (Å²) >= 11 is 0. The van der Waals surface area contributed by atoms with Crippen LogP contribution in [0.1, 0.15) is 26.2 Å². The first-order valence-electron chi connectivity index (χ1n) is 6.25. The summed E-state index contributed by atoms with van der Waals surface area (Å²) in [6.07, 6.45) is 2.04. The molecular weight excluding hydrogens is 240 g/mol. The summed E-state index contributed by atoms with van der Waals surface area (Å²) in [5.74, 6) is -0.0112. The lowest BCUT2D eigenvalue weighted by Crippen LogP contribution is -2.56. The van der Waals surface area contributed by atoms with E-state index in [1.165, 1.54) is 0 Å². The molecule has 0 aliphatic carbocycles. The first-order valence-corrected chi connectivity index (χ1v) is 7.96. The number of carbonyl (C=O) groups is 1. The molecule has 1 amide bonds. The van der Waals surface area contributed by atoms with Gasteiger partial charge in [0.05, 0.1) is 5.75 Å². The standard InChI is InChI=1S/C11H20N2O3S/c1-9-8-12-5-6-13(9)11(14)10-4-2-3-7-17(10,15)16/h9-10,12H,2-8H2,1H3/t9-,10?/m1/s1. The van der Waals surface area contributed by atoms with Crippen LogP contribution in [0.3, 0.4) is 0 Å². The van der Waals surface area contributed by atoms with Crippen molar-refractivity contribution in [3.05, 3.63) is 0 Å². The Labute approximate surface area is 102 Å². The molecule has 2 atom stereocenters. The lowest BCUT2D eigenvalue weighted by Gasteiger charge is -2.36. The lowest BCUT2D eigenvalue weighted by atomic mass is 10.1. The molecule has 0 aromatic carbocycles. The number of amides is 1. The van der Waals surface area contributed by atoms with Crippen LogP contribution in [0, 0.1) is 0 Å². The Hall–Kier alpha value is -0.620. The Bertz CT molecular complexity index is 394. The Morgan fingerprint density at radius 2 is 2.12 bits per heavy atom. The number of nitrogens with zero attached hydrogens (tertiary/aromatic N) is 1. The maximum Gasteiger partial charge on any atom is 0.241 e. The molecule has 2 heterocycles. The van der Waals surface area contributed by atoms with Gasteiger partial charge in [-0.15, -0.1) is 0 Å². The number of nitrogens with one attached hydrogen (secondary N) is 1. The van der Waals surface area contributed by atoms with E-state index < -0.39 is 15.1 Å². The molecular formula is C11H20N2O3S. The Morgan fingerprint density at radius 3 is 2.76 bits per heavy atom. The van der Waals surface area contributed by atoms with Crippen molar-refractivity contribution < 1.29 is 13.2 Å². The van der Waals surface area contributed by atoms with Crippen LogP contribution in [-0.2, 0) is 14.6 Å². The van der Waals surface area contributed by atoms with Gasteiger partial charge < -0.3 is 10.2 Å². The molecule has 1 N–H and O–H groups in total. The normalized spacial score (nSPS) is 33.4. The van der Waals surface area contributed by atoms with Crippen LogP contribution in [0.25, 0.3) is 0 Å². The second-order valence-electron chi connectivity index (χ2n) is 4.94. The summed E-state index contributed by atoms with van der Waals surface area (Å²) in [6.45, 7) is 4.08. The zero-order valence-electron chi connectivity index (χ0n) is 10.2. The minimum absolute atomic E-state index is 0.0911. The maximum absolute atomic E-state index is 12.3. The number of carbonyl (C=O) groups excluding carboxylic acids is 1. The summed E-state index contributed by atoms with van der Waals surface area (Å²) in [4.78, 5) is 14.0. The second-order valence-corrected chi connectivity index (χ2v) is 7.24. The lowest BCUT2D eigenvalue weighted by molar-refractivity contribution is -0.133. The number of sulfone groups is 1. The highest BCUT2D eigenvalue weighted by Gasteiger charge is 2.39. The number of rotatable bonds is 1. The number of hydrogen-bond donors (Lipinski definition) is 1. The Kier molecular flexibility index (Phi) is 3.73. The van der Waals surface area contributed by atoms with E-state index >= 15 is 0 Å². The first kappa shape index (κ1) is 12.8. The van der Waals surface area contributed by atoms with Gasteiger partial charge in [-0.05, 0) is 19.8 Å². The van der Waals surface area contributed by atoms with Crippen LogP contribution in [0.4, 0.5) is 0 Å². The van der Waals surface area contributed by atoms with Crippen molar-refractivity contribution in [2.75, 3.05) is 25.4 Å². The van der Waals surface area contributed by atoms with Crippen molar-refractivity contribution in [3.8, 4) is 0 Å². The first-order chi connectivity index (χ1) is 8.02. The summed E-state index contributed by atoms with van der Waals surface area (Å²) < 4.78 is 23.8. The molecule has 6 heteroatoms. The van der Waals surface area contributed by atoms with Crippen LogP contribution in [0.5, 0.6) is 0 Å². The van der Waals surface area contributed by atoms with Gasteiger partial charge in [0.1, 0.15) is 5.25 Å². The maximum atomic E-state index is 12.3. The zero-order valence-corrected chi connectivity index (χ0v) is 11.0. The second kappa shape index (κ2) is 4.94. The van der Waals surface area contributed by atoms with Crippen molar-refractivity contribution in [2.45, 2.75) is 37.5 Å². The van der Waals surface area contributed by atoms with E-state index in [0.717, 1.165) is 19.5 Å². The highest BCUT2D eigenvalue weighted by atomic mass is 32.2. The third-order valence-electron chi connectivity index (χ3n) is 3.64. The smallest absolute Gasteiger partial charge is 0.241 e. The van der Waals surface area contributed by atoms with Gasteiger partial charge in [-0.25, -0.2) is 8.42 Å². The fourth-order valence-electron chi connectivity index (χ4n) is 2.59. The Morgan fingerprint density at radius 1 is 1.35 bits per heavy atom. The highest BCUT2D eigenvalue weighted by Crippen LogP contribution is 2.22. The van der Waals surface area contributed by atoms with Gasteiger partial charge in [0.15, 0.2) is 9.84 Å². The van der Waals surface area contributed by atoms with Crippen molar-refractivity contribution in [3.63, 3.8) is 0 Å². The molecule has 0 spiro atoms. The zero-order chi connectivity index (χ0) is 12.5. The average molecular weight is 260 g/mol. The topological polar surface area (TPSA) is 66.5 Å². The quantitative estimate of drug-likeness (QED) is 0.707. The fraction of sp³-hybridized carbons (Fsp3) is 0.909. The predicted octanol–water partition coefficient (Wildman–Crippen LogP) is -0.226. The van der Waals surface area contributed by atoms with Gasteiger partial charge in [-0.2, -0.15) is 0 Å². The molecule has 2 aliphatic heterocycles. The van der Waals surface area contributed by atoms with Gasteiger partial charge in [-0.3, -0.25) is 4.79 Å². The minimum atomic E-state index is -3.21. The monoisotopic (exact) mass is 260 g/mol. The molecule has 0 bridgehead atoms. The van der Waals surface area contributed by atoms with E-state index in [4.69, 9.17) is 0 Å². The molecule has 17 heavy (non-hydrogen) atoms. The van der Waals surface area contributed by atoms with Crippen LogP contribution in [0.2, 0.25) is 0 Å². The van der Waals surface area contributed by atoms with Crippen LogP contribution >= 0.6 is 0 Å². The van der Waals surface area contributed by atoms with E-state index in [-0.39, 0.29) is 17.7 Å². The van der Waals surface area contributed by atoms with Crippen molar-refractivity contribution in [1.82, 2.24) is 10.2 Å². The van der Waals surface area contributed by atoms with Gasteiger partial charge in [-0.1, -0.05) is 6.42 Å². The third-order valence-corrected chi connectivity index (χ3v) is 5.80. The molecule has 1 unspecified atom stereocenters. The van der Waals surface area contributed by atoms with Gasteiger partial charge >= 0.3 is 0 Å². The van der Waals surface area contributed by atoms with Gasteiger partial charge in [0, 0.05) is 25.7 Å². The van der Waals surface area contributed by atoms with Gasteiger partial charge in [0.25, 0.3) is 0 Å². The number of hydrogen-bond acceptors (Lipinski definition) is 4. The van der Waals surface area contributed by atoms with Crippen LogP contribution in [-0.4, -0.2) is 55.9 Å². The molecule has 98 valence electrons. The van der Waals surface area contributed by atoms with E-state index in [1.807, 2.05) is 6.92 Å². The van der Waals surface area contributed by atoms with Crippen molar-refractivity contribution >= 4 is 15.7 Å². The van der Waals surface area contributed by atoms with E-state index in [2.05, 4.69) is 5.32 Å². The molecule has 2 aliphatic rings. The summed E-state index contributed by atoms with van der Waals surface area (Å²) in [5, 5.41) is 2.42. The molecule has 0 saturated carbocycles. The van der Waals surface area contributed by atoms with Crippen molar-refractivity contribution in [2.24, 2.45) is 0 Å². The number of piperazine rings is 1. The summed E-state index contributed by atoms with van der Waals surface area (Å²) in [5.41, 5.74) is 0. The highest BCUT2D eigenvalue weighted by molar-refractivity contribution is 7.92. The predicted molar refractivity (Wildman–Crippen MR) is 65.5 cm³/mol. The molecule has 5 nitrogen and oxygen atoms in total. The fourth-order valence-corrected chi connectivity index (χ4v) is 4.44. The van der Waals surface area contributed by atoms with E-state index in [0.29, 0.717) is 19.4 Å². The van der Waals surface area contributed by atoms with Crippen molar-refractivity contribution in [1.29, 1.82) is 0 Å². The Balaban J connectivity index is 2.13. The largest absolute Gasteiger partial charge is 0.336 e. The minimum Gasteiger partial charge on any atom is -0.336 e. The molecule has 0 aromatic rings.